The van der Waals surface area contributed by atoms with Gasteiger partial charge < -0.3 is 5.73 Å². The van der Waals surface area contributed by atoms with Gasteiger partial charge in [-0.3, -0.25) is 0 Å². The molecule has 0 saturated heterocycles. The largest absolute Gasteiger partial charge is 0.399 e. The first-order valence-electron chi connectivity index (χ1n) is 7.80. The summed E-state index contributed by atoms with van der Waals surface area (Å²) in [6, 6.07) is 14.6. The molecular weight excluding hydrogens is 308 g/mol. The average Bonchev–Trinajstić information content (AvgIpc) is 2.49. The molecule has 0 aromatic heterocycles. The molecule has 0 aliphatic heterocycles. The molecule has 5 heteroatoms. The number of hydrogen-bond donors (Lipinski definition) is 2. The molecule has 124 valence electrons. The molecule has 0 amide bonds. The zero-order valence-electron chi connectivity index (χ0n) is 13.6. The minimum atomic E-state index is -3.46. The second-order valence-electron chi connectivity index (χ2n) is 6.13. The van der Waals surface area contributed by atoms with Crippen LogP contribution in [0.1, 0.15) is 25.0 Å². The predicted octanol–water partition coefficient (Wildman–Crippen LogP) is 2.99. The van der Waals surface area contributed by atoms with Crippen LogP contribution in [-0.4, -0.2) is 15.0 Å². The van der Waals surface area contributed by atoms with Gasteiger partial charge in [-0.2, -0.15) is 0 Å². The molecule has 0 atom stereocenters. The fourth-order valence-electron chi connectivity index (χ4n) is 2.37. The molecule has 4 nitrogen and oxygen atoms in total. The third kappa shape index (κ3) is 5.37. The summed E-state index contributed by atoms with van der Waals surface area (Å²) in [4.78, 5) is 0.308. The van der Waals surface area contributed by atoms with E-state index in [1.807, 2.05) is 36.4 Å². The number of nitrogens with two attached hydrogens (primary N) is 1. The highest BCUT2D eigenvalue weighted by atomic mass is 32.2. The highest BCUT2D eigenvalue weighted by molar-refractivity contribution is 7.89. The molecule has 0 radical (unpaired) electrons. The zero-order chi connectivity index (χ0) is 16.9. The smallest absolute Gasteiger partial charge is 0.240 e. The van der Waals surface area contributed by atoms with Gasteiger partial charge >= 0.3 is 0 Å². The fourth-order valence-corrected chi connectivity index (χ4v) is 3.41. The molecule has 0 bridgehead atoms. The van der Waals surface area contributed by atoms with Crippen LogP contribution in [0.2, 0.25) is 0 Å². The van der Waals surface area contributed by atoms with Gasteiger partial charge in [0.1, 0.15) is 0 Å². The predicted molar refractivity (Wildman–Crippen MR) is 94.7 cm³/mol. The summed E-state index contributed by atoms with van der Waals surface area (Å²) >= 11 is 0. The molecule has 0 aliphatic rings. The average molecular weight is 332 g/mol. The topological polar surface area (TPSA) is 72.2 Å². The van der Waals surface area contributed by atoms with E-state index in [1.54, 1.807) is 12.1 Å². The molecule has 2 rings (SSSR count). The molecule has 0 heterocycles. The Morgan fingerprint density at radius 1 is 0.957 bits per heavy atom. The van der Waals surface area contributed by atoms with Gasteiger partial charge in [-0.05, 0) is 54.2 Å². The van der Waals surface area contributed by atoms with Crippen LogP contribution in [0.5, 0.6) is 0 Å². The Kier molecular flexibility index (Phi) is 5.80. The Labute approximate surface area is 138 Å². The summed E-state index contributed by atoms with van der Waals surface area (Å²) in [5.41, 5.74) is 8.54. The van der Waals surface area contributed by atoms with Crippen molar-refractivity contribution in [2.24, 2.45) is 5.92 Å². The Morgan fingerprint density at radius 2 is 1.52 bits per heavy atom. The van der Waals surface area contributed by atoms with Crippen molar-refractivity contribution < 1.29 is 8.42 Å². The lowest BCUT2D eigenvalue weighted by atomic mass is 10.0. The number of nitrogen functional groups attached to an aromatic ring is 1. The molecule has 0 saturated carbocycles. The fraction of sp³-hybridized carbons (Fsp3) is 0.333. The van der Waals surface area contributed by atoms with Crippen LogP contribution in [-0.2, 0) is 22.9 Å². The third-order valence-corrected chi connectivity index (χ3v) is 5.04. The lowest BCUT2D eigenvalue weighted by Crippen LogP contribution is -2.26. The SMILES string of the molecule is CC(C)Cc1ccc(S(=O)(=O)NCCc2ccc(N)cc2)cc1. The van der Waals surface area contributed by atoms with Crippen LogP contribution in [0.4, 0.5) is 5.69 Å². The molecule has 0 aliphatic carbocycles. The van der Waals surface area contributed by atoms with Crippen LogP contribution in [0.3, 0.4) is 0 Å². The van der Waals surface area contributed by atoms with Gasteiger partial charge in [-0.25, -0.2) is 13.1 Å². The van der Waals surface area contributed by atoms with Crippen LogP contribution in [0.25, 0.3) is 0 Å². The van der Waals surface area contributed by atoms with Crippen molar-refractivity contribution in [3.63, 3.8) is 0 Å². The number of benzene rings is 2. The van der Waals surface area contributed by atoms with Gasteiger partial charge in [0, 0.05) is 12.2 Å². The molecule has 0 spiro atoms. The van der Waals surface area contributed by atoms with Gasteiger partial charge in [0.2, 0.25) is 10.0 Å². The lowest BCUT2D eigenvalue weighted by molar-refractivity contribution is 0.581. The molecule has 23 heavy (non-hydrogen) atoms. The van der Waals surface area contributed by atoms with Crippen molar-refractivity contribution in [1.29, 1.82) is 0 Å². The van der Waals surface area contributed by atoms with Crippen molar-refractivity contribution in [1.82, 2.24) is 4.72 Å². The van der Waals surface area contributed by atoms with E-state index in [0.717, 1.165) is 17.5 Å². The van der Waals surface area contributed by atoms with Crippen LogP contribution in [0.15, 0.2) is 53.4 Å². The molecule has 3 N–H and O–H groups in total. The van der Waals surface area contributed by atoms with E-state index in [-0.39, 0.29) is 0 Å². The standard InChI is InChI=1S/C18H24N2O2S/c1-14(2)13-16-5-9-18(10-6-16)23(21,22)20-12-11-15-3-7-17(19)8-4-15/h3-10,14,20H,11-13,19H2,1-2H3. The van der Waals surface area contributed by atoms with E-state index in [0.29, 0.717) is 29.5 Å². The van der Waals surface area contributed by atoms with Gasteiger partial charge in [0.05, 0.1) is 4.90 Å². The van der Waals surface area contributed by atoms with Gasteiger partial charge in [-0.1, -0.05) is 38.1 Å². The minimum absolute atomic E-state index is 0.308. The Bertz CT molecular complexity index is 721. The van der Waals surface area contributed by atoms with E-state index >= 15 is 0 Å². The van der Waals surface area contributed by atoms with Crippen LogP contribution in [0, 0.1) is 5.92 Å². The van der Waals surface area contributed by atoms with Crippen LogP contribution >= 0.6 is 0 Å². The second kappa shape index (κ2) is 7.62. The Balaban J connectivity index is 1.94. The van der Waals surface area contributed by atoms with E-state index in [2.05, 4.69) is 18.6 Å². The number of anilines is 1. The summed E-state index contributed by atoms with van der Waals surface area (Å²) in [6.45, 7) is 4.65. The Morgan fingerprint density at radius 3 is 2.09 bits per heavy atom. The van der Waals surface area contributed by atoms with Crippen LogP contribution < -0.4 is 10.5 Å². The third-order valence-electron chi connectivity index (χ3n) is 3.56. The maximum Gasteiger partial charge on any atom is 0.240 e. The van der Waals surface area contributed by atoms with Crippen molar-refractivity contribution in [3.05, 3.63) is 59.7 Å². The minimum Gasteiger partial charge on any atom is -0.399 e. The van der Waals surface area contributed by atoms with Crippen molar-refractivity contribution >= 4 is 15.7 Å². The summed E-state index contributed by atoms with van der Waals surface area (Å²) < 4.78 is 27.2. The lowest BCUT2D eigenvalue weighted by Gasteiger charge is -2.09. The molecular formula is C18H24N2O2S. The number of hydrogen-bond acceptors (Lipinski definition) is 3. The molecule has 2 aromatic rings. The normalized spacial score (nSPS) is 11.8. The maximum absolute atomic E-state index is 12.3. The van der Waals surface area contributed by atoms with E-state index in [1.165, 1.54) is 0 Å². The summed E-state index contributed by atoms with van der Waals surface area (Å²) in [6.07, 6.45) is 1.58. The van der Waals surface area contributed by atoms with Crippen molar-refractivity contribution in [2.45, 2.75) is 31.6 Å². The molecule has 0 unspecified atom stereocenters. The van der Waals surface area contributed by atoms with Gasteiger partial charge in [-0.15, -0.1) is 0 Å². The number of sulfonamides is 1. The molecule has 2 aromatic carbocycles. The first kappa shape index (κ1) is 17.5. The van der Waals surface area contributed by atoms with E-state index in [4.69, 9.17) is 5.73 Å². The summed E-state index contributed by atoms with van der Waals surface area (Å²) in [5.74, 6) is 0.551. The van der Waals surface area contributed by atoms with Crippen molar-refractivity contribution in [3.8, 4) is 0 Å². The first-order chi connectivity index (χ1) is 10.9. The highest BCUT2D eigenvalue weighted by Crippen LogP contribution is 2.13. The van der Waals surface area contributed by atoms with E-state index < -0.39 is 10.0 Å². The summed E-state index contributed by atoms with van der Waals surface area (Å²) in [7, 11) is -3.46. The maximum atomic E-state index is 12.3. The first-order valence-corrected chi connectivity index (χ1v) is 9.28. The number of nitrogens with one attached hydrogen (secondary N) is 1. The molecule has 0 fully saturated rings. The summed E-state index contributed by atoms with van der Waals surface area (Å²) in [5, 5.41) is 0. The Hall–Kier alpha value is -1.85. The number of rotatable bonds is 7. The van der Waals surface area contributed by atoms with Gasteiger partial charge in [0.25, 0.3) is 0 Å². The van der Waals surface area contributed by atoms with E-state index in [9.17, 15) is 8.42 Å². The monoisotopic (exact) mass is 332 g/mol. The second-order valence-corrected chi connectivity index (χ2v) is 7.90. The van der Waals surface area contributed by atoms with Crippen molar-refractivity contribution in [2.75, 3.05) is 12.3 Å². The quantitative estimate of drug-likeness (QED) is 0.766. The highest BCUT2D eigenvalue weighted by Gasteiger charge is 2.13. The zero-order valence-corrected chi connectivity index (χ0v) is 14.4. The van der Waals surface area contributed by atoms with Gasteiger partial charge in [0.15, 0.2) is 0 Å².